The van der Waals surface area contributed by atoms with Crippen molar-refractivity contribution in [1.29, 1.82) is 0 Å². The Balaban J connectivity index is 2.08. The minimum atomic E-state index is -0.250. The van der Waals surface area contributed by atoms with Crippen molar-refractivity contribution in [1.82, 2.24) is 15.3 Å². The van der Waals surface area contributed by atoms with Gasteiger partial charge in [0, 0.05) is 18.4 Å². The van der Waals surface area contributed by atoms with Crippen molar-refractivity contribution in [2.45, 2.75) is 31.2 Å². The van der Waals surface area contributed by atoms with Gasteiger partial charge in [-0.1, -0.05) is 41.6 Å². The standard InChI is InChI=1S/C18H21N3O2S/c1-4-7-19-16(22)9-15-10-17(23)21-18(20-15)24-11-14-8-12(2)5-6-13(14)3/h4-6,8,10H,1,7,9,11H2,2-3H3,(H,19,22)(H,20,21,23). The molecule has 5 nitrogen and oxygen atoms in total. The second-order valence-electron chi connectivity index (χ2n) is 5.53. The normalized spacial score (nSPS) is 10.4. The van der Waals surface area contributed by atoms with Gasteiger partial charge < -0.3 is 10.3 Å². The van der Waals surface area contributed by atoms with Gasteiger partial charge >= 0.3 is 0 Å². The summed E-state index contributed by atoms with van der Waals surface area (Å²) in [6.07, 6.45) is 1.68. The Morgan fingerprint density at radius 2 is 2.17 bits per heavy atom. The van der Waals surface area contributed by atoms with E-state index in [-0.39, 0.29) is 17.9 Å². The molecule has 0 aliphatic carbocycles. The number of aryl methyl sites for hydroxylation is 2. The second-order valence-corrected chi connectivity index (χ2v) is 6.49. The molecule has 0 aliphatic heterocycles. The van der Waals surface area contributed by atoms with E-state index in [1.54, 1.807) is 6.08 Å². The fourth-order valence-corrected chi connectivity index (χ4v) is 3.12. The number of hydrogen-bond acceptors (Lipinski definition) is 4. The highest BCUT2D eigenvalue weighted by molar-refractivity contribution is 7.98. The van der Waals surface area contributed by atoms with Gasteiger partial charge in [-0.2, -0.15) is 0 Å². The number of rotatable bonds is 7. The fraction of sp³-hybridized carbons (Fsp3) is 0.278. The Kier molecular flexibility index (Phi) is 6.37. The molecule has 0 unspecified atom stereocenters. The molecule has 2 aromatic rings. The quantitative estimate of drug-likeness (QED) is 0.460. The van der Waals surface area contributed by atoms with Gasteiger partial charge in [0.05, 0.1) is 12.1 Å². The van der Waals surface area contributed by atoms with Crippen molar-refractivity contribution in [2.75, 3.05) is 6.54 Å². The summed E-state index contributed by atoms with van der Waals surface area (Å²) in [7, 11) is 0. The average Bonchev–Trinajstić information content (AvgIpc) is 2.53. The van der Waals surface area contributed by atoms with Gasteiger partial charge in [0.1, 0.15) is 0 Å². The van der Waals surface area contributed by atoms with Crippen LogP contribution in [0.15, 0.2) is 46.9 Å². The first-order valence-electron chi connectivity index (χ1n) is 7.64. The Morgan fingerprint density at radius 3 is 2.92 bits per heavy atom. The molecule has 0 atom stereocenters. The molecular weight excluding hydrogens is 322 g/mol. The number of amides is 1. The van der Waals surface area contributed by atoms with E-state index in [9.17, 15) is 9.59 Å². The number of thioether (sulfide) groups is 1. The van der Waals surface area contributed by atoms with Crippen LogP contribution in [0.1, 0.15) is 22.4 Å². The van der Waals surface area contributed by atoms with Crippen LogP contribution >= 0.6 is 11.8 Å². The predicted molar refractivity (Wildman–Crippen MR) is 97.2 cm³/mol. The highest BCUT2D eigenvalue weighted by Gasteiger charge is 2.08. The number of carbonyl (C=O) groups is 1. The van der Waals surface area contributed by atoms with Crippen molar-refractivity contribution in [3.63, 3.8) is 0 Å². The molecule has 0 spiro atoms. The van der Waals surface area contributed by atoms with Gasteiger partial charge in [-0.15, -0.1) is 6.58 Å². The van der Waals surface area contributed by atoms with Gasteiger partial charge in [0.2, 0.25) is 5.91 Å². The van der Waals surface area contributed by atoms with Gasteiger partial charge in [-0.25, -0.2) is 4.98 Å². The van der Waals surface area contributed by atoms with Gasteiger partial charge in [-0.05, 0) is 25.0 Å². The highest BCUT2D eigenvalue weighted by atomic mass is 32.2. The maximum absolute atomic E-state index is 11.8. The molecule has 0 saturated carbocycles. The molecule has 0 fully saturated rings. The van der Waals surface area contributed by atoms with Crippen LogP contribution in [0.2, 0.25) is 0 Å². The lowest BCUT2D eigenvalue weighted by molar-refractivity contribution is -0.120. The van der Waals surface area contributed by atoms with E-state index in [2.05, 4.69) is 53.9 Å². The number of aromatic amines is 1. The maximum Gasteiger partial charge on any atom is 0.251 e. The first-order valence-corrected chi connectivity index (χ1v) is 8.63. The number of nitrogens with zero attached hydrogens (tertiary/aromatic N) is 1. The number of aromatic nitrogens is 2. The molecule has 0 bridgehead atoms. The molecule has 126 valence electrons. The zero-order valence-electron chi connectivity index (χ0n) is 13.9. The van der Waals surface area contributed by atoms with E-state index < -0.39 is 0 Å². The molecule has 0 aliphatic rings. The summed E-state index contributed by atoms with van der Waals surface area (Å²) >= 11 is 1.46. The summed E-state index contributed by atoms with van der Waals surface area (Å²) in [5, 5.41) is 3.20. The second kappa shape index (κ2) is 8.49. The molecule has 0 radical (unpaired) electrons. The van der Waals surface area contributed by atoms with Crippen molar-refractivity contribution >= 4 is 17.7 Å². The number of nitrogens with one attached hydrogen (secondary N) is 2. The fourth-order valence-electron chi connectivity index (χ4n) is 2.16. The average molecular weight is 343 g/mol. The number of H-pyrrole nitrogens is 1. The Morgan fingerprint density at radius 1 is 1.38 bits per heavy atom. The summed E-state index contributed by atoms with van der Waals surface area (Å²) in [5.74, 6) is 0.529. The molecule has 1 aromatic carbocycles. The number of carbonyl (C=O) groups excluding carboxylic acids is 1. The SMILES string of the molecule is C=CCNC(=O)Cc1cc(=O)[nH]c(SCc2cc(C)ccc2C)n1. The van der Waals surface area contributed by atoms with Gasteiger partial charge in [0.25, 0.3) is 5.56 Å². The smallest absolute Gasteiger partial charge is 0.251 e. The molecule has 24 heavy (non-hydrogen) atoms. The minimum absolute atomic E-state index is 0.0782. The van der Waals surface area contributed by atoms with Crippen LogP contribution in [0.3, 0.4) is 0 Å². The first-order chi connectivity index (χ1) is 11.5. The summed E-state index contributed by atoms with van der Waals surface area (Å²) in [5.41, 5.74) is 3.82. The number of hydrogen-bond donors (Lipinski definition) is 2. The largest absolute Gasteiger partial charge is 0.352 e. The van der Waals surface area contributed by atoms with E-state index in [4.69, 9.17) is 0 Å². The zero-order chi connectivity index (χ0) is 17.5. The van der Waals surface area contributed by atoms with Crippen molar-refractivity contribution in [3.8, 4) is 0 Å². The topological polar surface area (TPSA) is 74.8 Å². The lowest BCUT2D eigenvalue weighted by atomic mass is 10.1. The summed E-state index contributed by atoms with van der Waals surface area (Å²) in [6, 6.07) is 7.65. The van der Waals surface area contributed by atoms with Crippen LogP contribution in [0.25, 0.3) is 0 Å². The van der Waals surface area contributed by atoms with E-state index >= 15 is 0 Å². The molecular formula is C18H21N3O2S. The monoisotopic (exact) mass is 343 g/mol. The molecule has 2 rings (SSSR count). The summed E-state index contributed by atoms with van der Waals surface area (Å²) < 4.78 is 0. The molecule has 1 amide bonds. The van der Waals surface area contributed by atoms with Crippen LogP contribution in [0, 0.1) is 13.8 Å². The third-order valence-electron chi connectivity index (χ3n) is 3.43. The molecule has 0 saturated heterocycles. The molecule has 2 N–H and O–H groups in total. The van der Waals surface area contributed by atoms with Crippen molar-refractivity contribution < 1.29 is 4.79 Å². The van der Waals surface area contributed by atoms with Gasteiger partial charge in [0.15, 0.2) is 5.16 Å². The zero-order valence-corrected chi connectivity index (χ0v) is 14.7. The van der Waals surface area contributed by atoms with Crippen LogP contribution in [0.4, 0.5) is 0 Å². The minimum Gasteiger partial charge on any atom is -0.352 e. The molecule has 1 aromatic heterocycles. The highest BCUT2D eigenvalue weighted by Crippen LogP contribution is 2.21. The third-order valence-corrected chi connectivity index (χ3v) is 4.35. The van der Waals surface area contributed by atoms with E-state index in [0.29, 0.717) is 23.1 Å². The maximum atomic E-state index is 11.8. The third kappa shape index (κ3) is 5.38. The number of benzene rings is 1. The van der Waals surface area contributed by atoms with Crippen molar-refractivity contribution in [3.05, 3.63) is 69.7 Å². The first kappa shape index (κ1) is 18.0. The van der Waals surface area contributed by atoms with Crippen LogP contribution in [0.5, 0.6) is 0 Å². The summed E-state index contributed by atoms with van der Waals surface area (Å²) in [4.78, 5) is 30.6. The Labute approximate surface area is 145 Å². The lowest BCUT2D eigenvalue weighted by Crippen LogP contribution is -2.26. The Hall–Kier alpha value is -2.34. The van der Waals surface area contributed by atoms with Crippen LogP contribution in [-0.2, 0) is 17.0 Å². The predicted octanol–water partition coefficient (Wildman–Crippen LogP) is 2.52. The molecule has 6 heteroatoms. The Bertz CT molecular complexity index is 799. The lowest BCUT2D eigenvalue weighted by Gasteiger charge is -2.07. The van der Waals surface area contributed by atoms with E-state index in [1.807, 2.05) is 0 Å². The van der Waals surface area contributed by atoms with E-state index in [0.717, 1.165) is 0 Å². The summed E-state index contributed by atoms with van der Waals surface area (Å²) in [6.45, 7) is 8.06. The van der Waals surface area contributed by atoms with Gasteiger partial charge in [-0.3, -0.25) is 9.59 Å². The van der Waals surface area contributed by atoms with Crippen LogP contribution in [-0.4, -0.2) is 22.4 Å². The van der Waals surface area contributed by atoms with E-state index in [1.165, 1.54) is 34.5 Å². The van der Waals surface area contributed by atoms with Crippen LogP contribution < -0.4 is 10.9 Å². The van der Waals surface area contributed by atoms with Crippen molar-refractivity contribution in [2.24, 2.45) is 0 Å². The molecule has 1 heterocycles.